The molecule has 3 nitrogen and oxygen atoms in total. The van der Waals surface area contributed by atoms with Crippen LogP contribution in [0.4, 0.5) is 0 Å². The van der Waals surface area contributed by atoms with Gasteiger partial charge in [0.15, 0.2) is 0 Å². The zero-order valence-electron chi connectivity index (χ0n) is 10.6. The summed E-state index contributed by atoms with van der Waals surface area (Å²) >= 11 is 1.95. The maximum absolute atomic E-state index is 12.5. The van der Waals surface area contributed by atoms with Crippen LogP contribution in [0.2, 0.25) is 0 Å². The number of carbonyl (C=O) groups excluding carboxylic acids is 1. The summed E-state index contributed by atoms with van der Waals surface area (Å²) in [4.78, 5) is 18.7. The van der Waals surface area contributed by atoms with Crippen molar-refractivity contribution in [3.05, 3.63) is 30.1 Å². The minimum absolute atomic E-state index is 0.176. The van der Waals surface area contributed by atoms with E-state index in [1.165, 1.54) is 12.8 Å². The van der Waals surface area contributed by atoms with E-state index in [1.54, 1.807) is 12.4 Å². The van der Waals surface area contributed by atoms with E-state index < -0.39 is 0 Å². The molecule has 2 aliphatic rings. The summed E-state index contributed by atoms with van der Waals surface area (Å²) in [6.45, 7) is 0. The third-order valence-electron chi connectivity index (χ3n) is 4.17. The van der Waals surface area contributed by atoms with Gasteiger partial charge in [0.2, 0.25) is 0 Å². The number of amides is 1. The van der Waals surface area contributed by atoms with Crippen molar-refractivity contribution in [1.82, 2.24) is 9.88 Å². The Morgan fingerprint density at radius 1 is 1.39 bits per heavy atom. The fourth-order valence-corrected chi connectivity index (χ4v) is 4.12. The molecule has 2 saturated heterocycles. The second-order valence-corrected chi connectivity index (χ2v) is 6.31. The first kappa shape index (κ1) is 12.0. The molecule has 0 N–H and O–H groups in total. The molecule has 2 unspecified atom stereocenters. The molecule has 2 atom stereocenters. The first-order valence-corrected chi connectivity index (χ1v) is 7.84. The average Bonchev–Trinajstić information content (AvgIpc) is 2.69. The van der Waals surface area contributed by atoms with Crippen molar-refractivity contribution in [2.75, 3.05) is 6.26 Å². The van der Waals surface area contributed by atoms with Gasteiger partial charge in [-0.15, -0.1) is 0 Å². The molecule has 1 aromatic rings. The molecule has 0 spiro atoms. The molecule has 18 heavy (non-hydrogen) atoms. The van der Waals surface area contributed by atoms with Gasteiger partial charge in [0.25, 0.3) is 5.91 Å². The number of nitrogens with zero attached hydrogens (tertiary/aromatic N) is 2. The first-order chi connectivity index (χ1) is 8.79. The van der Waals surface area contributed by atoms with E-state index in [2.05, 4.69) is 16.1 Å². The van der Waals surface area contributed by atoms with Crippen molar-refractivity contribution < 1.29 is 4.79 Å². The third-order valence-corrected chi connectivity index (χ3v) is 5.22. The summed E-state index contributed by atoms with van der Waals surface area (Å²) < 4.78 is 0. The molecule has 96 valence electrons. The predicted octanol–water partition coefficient (Wildman–Crippen LogP) is 2.58. The van der Waals surface area contributed by atoms with Crippen LogP contribution in [0.1, 0.15) is 36.0 Å². The third kappa shape index (κ3) is 2.03. The van der Waals surface area contributed by atoms with Crippen LogP contribution in [-0.2, 0) is 0 Å². The van der Waals surface area contributed by atoms with E-state index >= 15 is 0 Å². The minimum Gasteiger partial charge on any atom is -0.333 e. The zero-order chi connectivity index (χ0) is 12.5. The number of thioether (sulfide) groups is 1. The van der Waals surface area contributed by atoms with E-state index in [4.69, 9.17) is 0 Å². The van der Waals surface area contributed by atoms with Gasteiger partial charge < -0.3 is 4.90 Å². The van der Waals surface area contributed by atoms with Crippen LogP contribution >= 0.6 is 11.8 Å². The average molecular weight is 262 g/mol. The van der Waals surface area contributed by atoms with E-state index in [0.717, 1.165) is 23.7 Å². The van der Waals surface area contributed by atoms with Gasteiger partial charge in [-0.25, -0.2) is 0 Å². The summed E-state index contributed by atoms with van der Waals surface area (Å²) in [6.07, 6.45) is 10.2. The molecule has 0 aromatic carbocycles. The van der Waals surface area contributed by atoms with Crippen LogP contribution in [0.5, 0.6) is 0 Å². The Kier molecular flexibility index (Phi) is 3.29. The summed E-state index contributed by atoms with van der Waals surface area (Å²) in [5.41, 5.74) is 0.733. The smallest absolute Gasteiger partial charge is 0.255 e. The summed E-state index contributed by atoms with van der Waals surface area (Å²) in [5, 5.41) is 0.737. The molecule has 2 aliphatic heterocycles. The Morgan fingerprint density at radius 2 is 2.11 bits per heavy atom. The topological polar surface area (TPSA) is 33.2 Å². The van der Waals surface area contributed by atoms with Gasteiger partial charge in [-0.3, -0.25) is 9.78 Å². The Bertz CT molecular complexity index is 423. The number of aromatic nitrogens is 1. The number of hydrogen-bond donors (Lipinski definition) is 0. The van der Waals surface area contributed by atoms with Gasteiger partial charge in [-0.2, -0.15) is 11.8 Å². The van der Waals surface area contributed by atoms with Crippen molar-refractivity contribution >= 4 is 17.7 Å². The largest absolute Gasteiger partial charge is 0.333 e. The maximum atomic E-state index is 12.5. The summed E-state index contributed by atoms with van der Waals surface area (Å²) in [6, 6.07) is 4.61. The second-order valence-electron chi connectivity index (χ2n) is 5.17. The minimum atomic E-state index is 0.176. The molecule has 0 saturated carbocycles. The lowest BCUT2D eigenvalue weighted by Gasteiger charge is -2.38. The molecule has 2 fully saturated rings. The van der Waals surface area contributed by atoms with Crippen molar-refractivity contribution in [1.29, 1.82) is 0 Å². The molecule has 3 rings (SSSR count). The molecule has 1 aromatic heterocycles. The highest BCUT2D eigenvalue weighted by Crippen LogP contribution is 2.40. The van der Waals surface area contributed by atoms with Gasteiger partial charge >= 0.3 is 0 Å². The van der Waals surface area contributed by atoms with E-state index in [0.29, 0.717) is 12.1 Å². The van der Waals surface area contributed by atoms with Crippen molar-refractivity contribution in [3.63, 3.8) is 0 Å². The lowest BCUT2D eigenvalue weighted by atomic mass is 10.0. The number of pyridine rings is 1. The SMILES string of the molecule is CSC1CC2CCC(C1)N2C(=O)c1cccnc1. The first-order valence-electron chi connectivity index (χ1n) is 6.55. The Morgan fingerprint density at radius 3 is 2.67 bits per heavy atom. The van der Waals surface area contributed by atoms with Crippen LogP contribution in [0, 0.1) is 0 Å². The van der Waals surface area contributed by atoms with E-state index in [-0.39, 0.29) is 5.91 Å². The number of piperidine rings is 1. The predicted molar refractivity (Wildman–Crippen MR) is 73.8 cm³/mol. The monoisotopic (exact) mass is 262 g/mol. The molecular weight excluding hydrogens is 244 g/mol. The fraction of sp³-hybridized carbons (Fsp3) is 0.571. The molecule has 1 amide bonds. The maximum Gasteiger partial charge on any atom is 0.255 e. The number of carbonyl (C=O) groups is 1. The highest BCUT2D eigenvalue weighted by Gasteiger charge is 2.43. The van der Waals surface area contributed by atoms with Crippen LogP contribution in [0.25, 0.3) is 0 Å². The van der Waals surface area contributed by atoms with Gasteiger partial charge in [0.1, 0.15) is 0 Å². The number of fused-ring (bicyclic) bond motifs is 2. The van der Waals surface area contributed by atoms with Crippen LogP contribution in [0.3, 0.4) is 0 Å². The highest BCUT2D eigenvalue weighted by molar-refractivity contribution is 7.99. The van der Waals surface area contributed by atoms with Crippen molar-refractivity contribution in [2.45, 2.75) is 43.0 Å². The molecule has 4 heteroatoms. The molecule has 2 bridgehead atoms. The van der Waals surface area contributed by atoms with Crippen LogP contribution < -0.4 is 0 Å². The van der Waals surface area contributed by atoms with Gasteiger partial charge in [0.05, 0.1) is 5.56 Å². The highest BCUT2D eigenvalue weighted by atomic mass is 32.2. The van der Waals surface area contributed by atoms with E-state index in [9.17, 15) is 4.79 Å². The summed E-state index contributed by atoms with van der Waals surface area (Å²) in [7, 11) is 0. The quantitative estimate of drug-likeness (QED) is 0.821. The standard InChI is InChI=1S/C14H18N2OS/c1-18-13-7-11-4-5-12(8-13)16(11)14(17)10-3-2-6-15-9-10/h2-3,6,9,11-13H,4-5,7-8H2,1H3. The molecule has 0 aliphatic carbocycles. The molecule has 3 heterocycles. The van der Waals surface area contributed by atoms with Gasteiger partial charge in [-0.05, 0) is 44.1 Å². The van der Waals surface area contributed by atoms with Crippen molar-refractivity contribution in [2.24, 2.45) is 0 Å². The van der Waals surface area contributed by atoms with Gasteiger partial charge in [-0.1, -0.05) is 0 Å². The van der Waals surface area contributed by atoms with Crippen LogP contribution in [-0.4, -0.2) is 39.4 Å². The lowest BCUT2D eigenvalue weighted by Crippen LogP contribution is -2.47. The normalized spacial score (nSPS) is 30.5. The Balaban J connectivity index is 1.80. The second kappa shape index (κ2) is 4.92. The number of rotatable bonds is 2. The van der Waals surface area contributed by atoms with Crippen LogP contribution in [0.15, 0.2) is 24.5 Å². The molecule has 0 radical (unpaired) electrons. The van der Waals surface area contributed by atoms with Crippen molar-refractivity contribution in [3.8, 4) is 0 Å². The molecular formula is C14H18N2OS. The van der Waals surface area contributed by atoms with Gasteiger partial charge in [0, 0.05) is 29.7 Å². The Labute approximate surface area is 112 Å². The Hall–Kier alpha value is -1.03. The zero-order valence-corrected chi connectivity index (χ0v) is 11.4. The number of hydrogen-bond acceptors (Lipinski definition) is 3. The lowest BCUT2D eigenvalue weighted by molar-refractivity contribution is 0.0601. The summed E-state index contributed by atoms with van der Waals surface area (Å²) in [5.74, 6) is 0.176. The van der Waals surface area contributed by atoms with E-state index in [1.807, 2.05) is 23.9 Å². The fourth-order valence-electron chi connectivity index (χ4n) is 3.29.